The molecule has 96 valence electrons. The van der Waals surface area contributed by atoms with Gasteiger partial charge in [0.1, 0.15) is 5.75 Å². The summed E-state index contributed by atoms with van der Waals surface area (Å²) in [5.74, 6) is -3.10. The van der Waals surface area contributed by atoms with Crippen LogP contribution in [0.4, 0.5) is 5.69 Å². The Hall–Kier alpha value is -2.02. The van der Waals surface area contributed by atoms with Crippen LogP contribution in [0.15, 0.2) is 23.1 Å². The first-order valence-corrected chi connectivity index (χ1v) is 5.88. The monoisotopic (exact) mass is 269 g/mol. The van der Waals surface area contributed by atoms with Crippen molar-refractivity contribution in [1.29, 1.82) is 0 Å². The largest absolute Gasteiger partial charge is 0.507 e. The van der Waals surface area contributed by atoms with E-state index in [1.54, 1.807) is 0 Å². The van der Waals surface area contributed by atoms with E-state index in [0.29, 0.717) is 10.6 Å². The third kappa shape index (κ3) is 4.10. The Bertz CT molecular complexity index is 500. The molecule has 0 aliphatic heterocycles. The molecule has 3 N–H and O–H groups in total. The summed E-state index contributed by atoms with van der Waals surface area (Å²) >= 11 is 0.893. The Morgan fingerprint density at radius 2 is 2.00 bits per heavy atom. The highest BCUT2D eigenvalue weighted by Gasteiger charge is 2.13. The fourth-order valence-electron chi connectivity index (χ4n) is 1.12. The normalized spacial score (nSPS) is 9.83. The Balaban J connectivity index is 2.78. The number of aliphatic carboxylic acids is 1. The first-order valence-electron chi connectivity index (χ1n) is 4.89. The van der Waals surface area contributed by atoms with Gasteiger partial charge < -0.3 is 15.5 Å². The average Bonchev–Trinajstić information content (AvgIpc) is 2.28. The van der Waals surface area contributed by atoms with E-state index in [4.69, 9.17) is 5.11 Å². The number of phenolic OH excluding ortho intramolecular Hbond substituents is 1. The zero-order chi connectivity index (χ0) is 13.7. The zero-order valence-electron chi connectivity index (χ0n) is 9.47. The van der Waals surface area contributed by atoms with Gasteiger partial charge in [-0.25, -0.2) is 4.79 Å². The Morgan fingerprint density at radius 1 is 1.33 bits per heavy atom. The van der Waals surface area contributed by atoms with E-state index in [2.05, 4.69) is 5.32 Å². The van der Waals surface area contributed by atoms with Crippen LogP contribution in [-0.4, -0.2) is 33.6 Å². The number of thioether (sulfide) groups is 1. The van der Waals surface area contributed by atoms with E-state index < -0.39 is 11.8 Å². The van der Waals surface area contributed by atoms with Crippen LogP contribution in [-0.2, 0) is 14.4 Å². The highest BCUT2D eigenvalue weighted by atomic mass is 32.2. The minimum atomic E-state index is -1.51. The molecule has 6 nitrogen and oxygen atoms in total. The molecular formula is C11H11NO5S. The predicted octanol–water partition coefficient (Wildman–Crippen LogP) is 1.10. The van der Waals surface area contributed by atoms with Crippen molar-refractivity contribution in [2.75, 3.05) is 11.1 Å². The minimum Gasteiger partial charge on any atom is -0.507 e. The number of carboxylic acids is 1. The summed E-state index contributed by atoms with van der Waals surface area (Å²) in [5.41, 5.74) is 0.463. The maximum absolute atomic E-state index is 10.9. The summed E-state index contributed by atoms with van der Waals surface area (Å²) in [5, 5.41) is 20.5. The molecule has 0 aromatic heterocycles. The van der Waals surface area contributed by atoms with Crippen molar-refractivity contribution in [2.45, 2.75) is 11.8 Å². The van der Waals surface area contributed by atoms with Crippen molar-refractivity contribution in [1.82, 2.24) is 0 Å². The Kier molecular flexibility index (Phi) is 4.73. The van der Waals surface area contributed by atoms with Gasteiger partial charge in [0.25, 0.3) is 0 Å². The van der Waals surface area contributed by atoms with Crippen molar-refractivity contribution in [3.8, 4) is 5.75 Å². The number of hydrogen-bond donors (Lipinski definition) is 3. The summed E-state index contributed by atoms with van der Waals surface area (Å²) in [6.45, 7) is 1.34. The number of phenols is 1. The number of hydrogen-bond acceptors (Lipinski definition) is 5. The van der Waals surface area contributed by atoms with Gasteiger partial charge in [0, 0.05) is 12.6 Å². The topological polar surface area (TPSA) is 104 Å². The van der Waals surface area contributed by atoms with Gasteiger partial charge in [0.2, 0.25) is 11.7 Å². The summed E-state index contributed by atoms with van der Waals surface area (Å²) in [4.78, 5) is 32.4. The molecule has 18 heavy (non-hydrogen) atoms. The molecule has 0 aliphatic carbocycles. The van der Waals surface area contributed by atoms with E-state index in [9.17, 15) is 19.5 Å². The maximum Gasteiger partial charge on any atom is 0.373 e. The summed E-state index contributed by atoms with van der Waals surface area (Å²) < 4.78 is 0. The van der Waals surface area contributed by atoms with Gasteiger partial charge in [0.15, 0.2) is 0 Å². The van der Waals surface area contributed by atoms with Crippen LogP contribution in [0.2, 0.25) is 0 Å². The predicted molar refractivity (Wildman–Crippen MR) is 65.8 cm³/mol. The molecule has 0 bridgehead atoms. The third-order valence-electron chi connectivity index (χ3n) is 1.88. The van der Waals surface area contributed by atoms with Crippen LogP contribution in [0.1, 0.15) is 6.92 Å². The summed E-state index contributed by atoms with van der Waals surface area (Å²) in [6.07, 6.45) is 0. The van der Waals surface area contributed by atoms with Crippen molar-refractivity contribution in [2.24, 2.45) is 0 Å². The lowest BCUT2D eigenvalue weighted by atomic mass is 10.3. The molecule has 1 aromatic rings. The molecule has 1 amide bonds. The lowest BCUT2D eigenvalue weighted by Crippen LogP contribution is -2.14. The van der Waals surface area contributed by atoms with E-state index in [-0.39, 0.29) is 17.4 Å². The molecule has 0 heterocycles. The van der Waals surface area contributed by atoms with Crippen molar-refractivity contribution in [3.05, 3.63) is 18.2 Å². The molecule has 7 heteroatoms. The fraction of sp³-hybridized carbons (Fsp3) is 0.182. The second-order valence-electron chi connectivity index (χ2n) is 3.38. The second-order valence-corrected chi connectivity index (χ2v) is 4.40. The molecule has 0 fully saturated rings. The number of carboxylic acid groups (broad SMARTS) is 1. The second kappa shape index (κ2) is 6.06. The quantitative estimate of drug-likeness (QED) is 0.420. The fourth-order valence-corrected chi connectivity index (χ4v) is 1.95. The molecule has 1 aromatic carbocycles. The summed E-state index contributed by atoms with van der Waals surface area (Å²) in [6, 6.07) is 4.33. The van der Waals surface area contributed by atoms with Gasteiger partial charge in [-0.05, 0) is 18.2 Å². The number of carbonyl (C=O) groups excluding carboxylic acids is 2. The first-order chi connectivity index (χ1) is 8.40. The van der Waals surface area contributed by atoms with Gasteiger partial charge in [-0.15, -0.1) is 11.8 Å². The molecule has 0 aliphatic rings. The van der Waals surface area contributed by atoms with Crippen LogP contribution in [0.5, 0.6) is 5.75 Å². The van der Waals surface area contributed by atoms with E-state index in [1.165, 1.54) is 25.1 Å². The van der Waals surface area contributed by atoms with E-state index >= 15 is 0 Å². The first kappa shape index (κ1) is 14.0. The van der Waals surface area contributed by atoms with Gasteiger partial charge in [-0.1, -0.05) is 0 Å². The standard InChI is InChI=1S/C11H11NO5S/c1-6(13)12-7-2-3-8(14)10(4-7)18-5-9(15)11(16)17/h2-4,14H,5H2,1H3,(H,12,13)(H,16,17). The number of carbonyl (C=O) groups is 3. The zero-order valence-corrected chi connectivity index (χ0v) is 10.3. The molecule has 0 atom stereocenters. The number of ketones is 1. The number of nitrogens with one attached hydrogen (secondary N) is 1. The SMILES string of the molecule is CC(=O)Nc1ccc(O)c(SCC(=O)C(=O)O)c1. The van der Waals surface area contributed by atoms with Crippen LogP contribution < -0.4 is 5.32 Å². The molecule has 0 radical (unpaired) electrons. The van der Waals surface area contributed by atoms with Crippen LogP contribution in [0, 0.1) is 0 Å². The van der Waals surface area contributed by atoms with Crippen LogP contribution >= 0.6 is 11.8 Å². The van der Waals surface area contributed by atoms with Gasteiger partial charge >= 0.3 is 5.97 Å². The van der Waals surface area contributed by atoms with Crippen molar-refractivity contribution >= 4 is 35.1 Å². The smallest absolute Gasteiger partial charge is 0.373 e. The maximum atomic E-state index is 10.9. The highest BCUT2D eigenvalue weighted by molar-refractivity contribution is 8.00. The van der Waals surface area contributed by atoms with Crippen molar-refractivity contribution < 1.29 is 24.6 Å². The highest BCUT2D eigenvalue weighted by Crippen LogP contribution is 2.31. The molecule has 0 spiro atoms. The van der Waals surface area contributed by atoms with Gasteiger partial charge in [0.05, 0.1) is 10.6 Å². The minimum absolute atomic E-state index is 0.0766. The lowest BCUT2D eigenvalue weighted by Gasteiger charge is -2.07. The van der Waals surface area contributed by atoms with E-state index in [0.717, 1.165) is 11.8 Å². The number of aromatic hydroxyl groups is 1. The average molecular weight is 269 g/mol. The van der Waals surface area contributed by atoms with E-state index in [1.807, 2.05) is 0 Å². The third-order valence-corrected chi connectivity index (χ3v) is 2.92. The number of anilines is 1. The van der Waals surface area contributed by atoms with Gasteiger partial charge in [-0.2, -0.15) is 0 Å². The number of rotatable bonds is 5. The molecule has 1 rings (SSSR count). The number of amides is 1. The molecule has 0 saturated carbocycles. The van der Waals surface area contributed by atoms with Crippen LogP contribution in [0.25, 0.3) is 0 Å². The molecular weight excluding hydrogens is 258 g/mol. The van der Waals surface area contributed by atoms with Gasteiger partial charge in [-0.3, -0.25) is 9.59 Å². The van der Waals surface area contributed by atoms with Crippen molar-refractivity contribution in [3.63, 3.8) is 0 Å². The molecule has 0 unspecified atom stereocenters. The Labute approximate surface area is 107 Å². The number of Topliss-reactive ketones (excluding diaryl/α,β-unsaturated/α-hetero) is 1. The lowest BCUT2D eigenvalue weighted by molar-refractivity contribution is -0.147. The summed E-state index contributed by atoms with van der Waals surface area (Å²) in [7, 11) is 0. The van der Waals surface area contributed by atoms with Crippen LogP contribution in [0.3, 0.4) is 0 Å². The Morgan fingerprint density at radius 3 is 2.56 bits per heavy atom. The molecule has 0 saturated heterocycles. The number of benzene rings is 1.